The van der Waals surface area contributed by atoms with Crippen LogP contribution in [0.1, 0.15) is 31.3 Å². The molecule has 1 fully saturated rings. The molecule has 0 aliphatic carbocycles. The first kappa shape index (κ1) is 22.9. The molecule has 0 aromatic carbocycles. The fourth-order valence-electron chi connectivity index (χ4n) is 2.76. The maximum atomic E-state index is 12.5. The fraction of sp³-hybridized carbons (Fsp3) is 0.632. The molecule has 10 nitrogen and oxygen atoms in total. The molecule has 162 valence electrons. The van der Waals surface area contributed by atoms with E-state index < -0.39 is 42.0 Å². The van der Waals surface area contributed by atoms with Crippen molar-refractivity contribution in [2.24, 2.45) is 5.92 Å². The third-order valence-corrected chi connectivity index (χ3v) is 4.25. The van der Waals surface area contributed by atoms with Gasteiger partial charge in [0, 0.05) is 18.9 Å². The Labute approximate surface area is 169 Å². The van der Waals surface area contributed by atoms with Gasteiger partial charge in [0.05, 0.1) is 20.3 Å². The average Bonchev–Trinajstić information content (AvgIpc) is 2.70. The SMILES string of the molecule is COc1ccnc(C(=O)N[C@H]2COC[C@H](O)[C@@H](OCC(C)C)[C@H](C)OC2=O)c1O. The van der Waals surface area contributed by atoms with Crippen LogP contribution in [0, 0.1) is 5.92 Å². The van der Waals surface area contributed by atoms with Crippen molar-refractivity contribution in [2.45, 2.75) is 45.1 Å². The minimum atomic E-state index is -1.16. The number of nitrogens with one attached hydrogen (secondary N) is 1. The van der Waals surface area contributed by atoms with Gasteiger partial charge in [0.2, 0.25) is 0 Å². The van der Waals surface area contributed by atoms with Crippen molar-refractivity contribution in [1.29, 1.82) is 0 Å². The van der Waals surface area contributed by atoms with Crippen LogP contribution < -0.4 is 10.1 Å². The molecular formula is C19H28N2O8. The Hall–Kier alpha value is -2.43. The van der Waals surface area contributed by atoms with E-state index in [-0.39, 0.29) is 30.6 Å². The number of aliphatic hydroxyl groups excluding tert-OH is 1. The van der Waals surface area contributed by atoms with Crippen LogP contribution in [-0.4, -0.2) is 78.4 Å². The highest BCUT2D eigenvalue weighted by Gasteiger charge is 2.35. The number of rotatable bonds is 6. The Morgan fingerprint density at radius 2 is 2.14 bits per heavy atom. The second-order valence-electron chi connectivity index (χ2n) is 7.18. The molecule has 1 amide bonds. The molecule has 1 aromatic heterocycles. The Kier molecular flexibility index (Phi) is 8.18. The number of methoxy groups -OCH3 is 1. The molecule has 0 saturated carbocycles. The molecule has 1 aliphatic heterocycles. The van der Waals surface area contributed by atoms with E-state index >= 15 is 0 Å². The minimum Gasteiger partial charge on any atom is -0.503 e. The zero-order valence-electron chi connectivity index (χ0n) is 17.0. The second-order valence-corrected chi connectivity index (χ2v) is 7.18. The van der Waals surface area contributed by atoms with Crippen LogP contribution in [0.4, 0.5) is 0 Å². The van der Waals surface area contributed by atoms with Gasteiger partial charge in [-0.15, -0.1) is 0 Å². The van der Waals surface area contributed by atoms with Gasteiger partial charge in [-0.05, 0) is 12.8 Å². The number of ether oxygens (including phenoxy) is 4. The Morgan fingerprint density at radius 3 is 2.79 bits per heavy atom. The topological polar surface area (TPSA) is 136 Å². The van der Waals surface area contributed by atoms with Gasteiger partial charge >= 0.3 is 5.97 Å². The van der Waals surface area contributed by atoms with E-state index in [1.54, 1.807) is 6.92 Å². The highest BCUT2D eigenvalue weighted by atomic mass is 16.6. The lowest BCUT2D eigenvalue weighted by molar-refractivity contribution is -0.164. The quantitative estimate of drug-likeness (QED) is 0.562. The van der Waals surface area contributed by atoms with Crippen LogP contribution in [0.25, 0.3) is 0 Å². The van der Waals surface area contributed by atoms with Crippen molar-refractivity contribution in [3.05, 3.63) is 18.0 Å². The number of aliphatic hydroxyl groups is 1. The third kappa shape index (κ3) is 6.02. The number of hydrogen-bond donors (Lipinski definition) is 3. The summed E-state index contributed by atoms with van der Waals surface area (Å²) in [4.78, 5) is 28.8. The van der Waals surface area contributed by atoms with E-state index in [9.17, 15) is 19.8 Å². The number of nitrogens with zero attached hydrogens (tertiary/aromatic N) is 1. The van der Waals surface area contributed by atoms with E-state index in [1.807, 2.05) is 13.8 Å². The summed E-state index contributed by atoms with van der Waals surface area (Å²) in [5.74, 6) is -1.70. The molecule has 1 aromatic rings. The van der Waals surface area contributed by atoms with Gasteiger partial charge < -0.3 is 34.5 Å². The number of carbonyl (C=O) groups excluding carboxylic acids is 2. The summed E-state index contributed by atoms with van der Waals surface area (Å²) in [6.45, 7) is 5.58. The lowest BCUT2D eigenvalue weighted by atomic mass is 10.1. The van der Waals surface area contributed by atoms with Gasteiger partial charge in [-0.1, -0.05) is 13.8 Å². The van der Waals surface area contributed by atoms with Gasteiger partial charge in [0.1, 0.15) is 18.3 Å². The van der Waals surface area contributed by atoms with Crippen LogP contribution in [0.2, 0.25) is 0 Å². The number of aromatic nitrogens is 1. The maximum Gasteiger partial charge on any atom is 0.331 e. The summed E-state index contributed by atoms with van der Waals surface area (Å²) >= 11 is 0. The summed E-state index contributed by atoms with van der Waals surface area (Å²) in [6, 6.07) is 0.234. The predicted molar refractivity (Wildman–Crippen MR) is 101 cm³/mol. The summed E-state index contributed by atoms with van der Waals surface area (Å²) in [6.07, 6.45) is -1.24. The molecule has 1 saturated heterocycles. The zero-order chi connectivity index (χ0) is 21.6. The Bertz CT molecular complexity index is 711. The van der Waals surface area contributed by atoms with Crippen LogP contribution in [0.15, 0.2) is 12.3 Å². The van der Waals surface area contributed by atoms with E-state index in [1.165, 1.54) is 19.4 Å². The molecular weight excluding hydrogens is 384 g/mol. The first-order chi connectivity index (χ1) is 13.7. The molecule has 4 atom stereocenters. The van der Waals surface area contributed by atoms with Crippen molar-refractivity contribution >= 4 is 11.9 Å². The van der Waals surface area contributed by atoms with Gasteiger partial charge in [0.15, 0.2) is 23.2 Å². The van der Waals surface area contributed by atoms with E-state index in [2.05, 4.69) is 10.3 Å². The first-order valence-electron chi connectivity index (χ1n) is 9.35. The van der Waals surface area contributed by atoms with Crippen LogP contribution in [0.5, 0.6) is 11.5 Å². The molecule has 2 heterocycles. The monoisotopic (exact) mass is 412 g/mol. The number of esters is 1. The van der Waals surface area contributed by atoms with Crippen LogP contribution >= 0.6 is 0 Å². The number of pyridine rings is 1. The molecule has 1 aliphatic rings. The van der Waals surface area contributed by atoms with Crippen molar-refractivity contribution in [2.75, 3.05) is 26.9 Å². The van der Waals surface area contributed by atoms with Gasteiger partial charge in [-0.2, -0.15) is 0 Å². The van der Waals surface area contributed by atoms with Crippen molar-refractivity contribution in [1.82, 2.24) is 10.3 Å². The third-order valence-electron chi connectivity index (χ3n) is 4.25. The minimum absolute atomic E-state index is 0.0698. The fourth-order valence-corrected chi connectivity index (χ4v) is 2.76. The number of carbonyl (C=O) groups is 2. The van der Waals surface area contributed by atoms with Gasteiger partial charge in [-0.3, -0.25) is 4.79 Å². The predicted octanol–water partition coefficient (Wildman–Crippen LogP) is 0.258. The molecule has 29 heavy (non-hydrogen) atoms. The molecule has 0 unspecified atom stereocenters. The standard InChI is InChI=1S/C19H28N2O8/c1-10(2)7-28-17-11(3)29-19(25)12(8-27-9-13(17)22)21-18(24)15-16(23)14(26-4)5-6-20-15/h5-6,10-13,17,22-23H,7-9H2,1-4H3,(H,21,24)/t11-,12-,13-,17-/m0/s1. The number of amides is 1. The number of cyclic esters (lactones) is 1. The first-order valence-corrected chi connectivity index (χ1v) is 9.35. The zero-order valence-corrected chi connectivity index (χ0v) is 17.0. The summed E-state index contributed by atoms with van der Waals surface area (Å²) in [7, 11) is 1.34. The lowest BCUT2D eigenvalue weighted by Crippen LogP contribution is -2.47. The van der Waals surface area contributed by atoms with E-state index in [0.29, 0.717) is 6.61 Å². The maximum absolute atomic E-state index is 12.5. The molecule has 3 N–H and O–H groups in total. The number of aromatic hydroxyl groups is 1. The second kappa shape index (κ2) is 10.4. The van der Waals surface area contributed by atoms with Crippen molar-refractivity contribution < 1.29 is 38.7 Å². The van der Waals surface area contributed by atoms with Gasteiger partial charge in [0.25, 0.3) is 5.91 Å². The summed E-state index contributed by atoms with van der Waals surface area (Å²) in [5.41, 5.74) is -0.303. The molecule has 2 rings (SSSR count). The number of hydrogen-bond acceptors (Lipinski definition) is 9. The molecule has 10 heteroatoms. The molecule has 0 radical (unpaired) electrons. The van der Waals surface area contributed by atoms with Crippen molar-refractivity contribution in [3.8, 4) is 11.5 Å². The summed E-state index contributed by atoms with van der Waals surface area (Å²) < 4.78 is 21.4. The normalized spacial score (nSPS) is 25.5. The smallest absolute Gasteiger partial charge is 0.331 e. The van der Waals surface area contributed by atoms with Crippen molar-refractivity contribution in [3.63, 3.8) is 0 Å². The van der Waals surface area contributed by atoms with E-state index in [0.717, 1.165) is 0 Å². The van der Waals surface area contributed by atoms with Crippen LogP contribution in [0.3, 0.4) is 0 Å². The van der Waals surface area contributed by atoms with Crippen LogP contribution in [-0.2, 0) is 19.0 Å². The summed E-state index contributed by atoms with van der Waals surface area (Å²) in [5, 5.41) is 22.8. The molecule has 0 bridgehead atoms. The molecule has 0 spiro atoms. The highest BCUT2D eigenvalue weighted by Crippen LogP contribution is 2.27. The average molecular weight is 412 g/mol. The highest BCUT2D eigenvalue weighted by molar-refractivity contribution is 5.98. The Balaban J connectivity index is 2.11. The Morgan fingerprint density at radius 1 is 1.41 bits per heavy atom. The van der Waals surface area contributed by atoms with Gasteiger partial charge in [-0.25, -0.2) is 9.78 Å². The largest absolute Gasteiger partial charge is 0.503 e. The lowest BCUT2D eigenvalue weighted by Gasteiger charge is -2.28. The van der Waals surface area contributed by atoms with E-state index in [4.69, 9.17) is 18.9 Å².